The molecule has 0 aromatic carbocycles. The van der Waals surface area contributed by atoms with Gasteiger partial charge in [-0.25, -0.2) is 0 Å². The number of ether oxygens (including phenoxy) is 1. The van der Waals surface area contributed by atoms with E-state index in [9.17, 15) is 9.59 Å². The maximum atomic E-state index is 12.2. The Morgan fingerprint density at radius 3 is 2.71 bits per heavy atom. The molecule has 0 spiro atoms. The van der Waals surface area contributed by atoms with Crippen LogP contribution in [0.5, 0.6) is 0 Å². The van der Waals surface area contributed by atoms with Gasteiger partial charge < -0.3 is 14.7 Å². The molecule has 5 nitrogen and oxygen atoms in total. The van der Waals surface area contributed by atoms with E-state index >= 15 is 0 Å². The van der Waals surface area contributed by atoms with E-state index in [-0.39, 0.29) is 5.91 Å². The highest BCUT2D eigenvalue weighted by Gasteiger charge is 2.58. The fourth-order valence-electron chi connectivity index (χ4n) is 2.57. The van der Waals surface area contributed by atoms with Gasteiger partial charge in [-0.2, -0.15) is 0 Å². The summed E-state index contributed by atoms with van der Waals surface area (Å²) < 4.78 is 5.10. The van der Waals surface area contributed by atoms with Crippen LogP contribution in [-0.4, -0.2) is 48.7 Å². The largest absolute Gasteiger partial charge is 0.480 e. The van der Waals surface area contributed by atoms with E-state index in [4.69, 9.17) is 9.84 Å². The van der Waals surface area contributed by atoms with Crippen LogP contribution in [-0.2, 0) is 14.3 Å². The summed E-state index contributed by atoms with van der Waals surface area (Å²) in [5.74, 6) is -0.801. The summed E-state index contributed by atoms with van der Waals surface area (Å²) in [6, 6.07) is 0. The number of carbonyl (C=O) groups excluding carboxylic acids is 1. The Bertz CT molecular complexity index is 322. The second kappa shape index (κ2) is 4.64. The second-order valence-corrected chi connectivity index (χ2v) is 5.10. The molecule has 5 heteroatoms. The van der Waals surface area contributed by atoms with Gasteiger partial charge in [-0.05, 0) is 31.6 Å². The molecule has 2 rings (SSSR count). The molecular formula is C12H19NO4. The SMILES string of the molecule is COCC1CCCN(C(=O)C2(C(=O)O)CC2)C1. The summed E-state index contributed by atoms with van der Waals surface area (Å²) in [6.45, 7) is 1.97. The molecule has 1 aliphatic heterocycles. The van der Waals surface area contributed by atoms with Crippen LogP contribution in [0, 0.1) is 11.3 Å². The number of piperidine rings is 1. The molecule has 96 valence electrons. The van der Waals surface area contributed by atoms with E-state index in [1.54, 1.807) is 12.0 Å². The lowest BCUT2D eigenvalue weighted by atomic mass is 9.96. The number of methoxy groups -OCH3 is 1. The van der Waals surface area contributed by atoms with Crippen LogP contribution in [0.2, 0.25) is 0 Å². The van der Waals surface area contributed by atoms with Crippen LogP contribution in [0.15, 0.2) is 0 Å². The smallest absolute Gasteiger partial charge is 0.319 e. The van der Waals surface area contributed by atoms with Crippen molar-refractivity contribution in [3.63, 3.8) is 0 Å². The molecule has 0 bridgehead atoms. The van der Waals surface area contributed by atoms with E-state index in [1.807, 2.05) is 0 Å². The highest BCUT2D eigenvalue weighted by molar-refractivity contribution is 6.04. The Balaban J connectivity index is 1.98. The number of carboxylic acid groups (broad SMARTS) is 1. The van der Waals surface area contributed by atoms with Gasteiger partial charge in [0.05, 0.1) is 6.61 Å². The zero-order chi connectivity index (χ0) is 12.5. The lowest BCUT2D eigenvalue weighted by Gasteiger charge is -2.34. The first-order chi connectivity index (χ1) is 8.10. The Kier molecular flexibility index (Phi) is 3.38. The maximum absolute atomic E-state index is 12.2. The van der Waals surface area contributed by atoms with E-state index in [1.165, 1.54) is 0 Å². The van der Waals surface area contributed by atoms with Gasteiger partial charge in [-0.15, -0.1) is 0 Å². The average molecular weight is 241 g/mol. The van der Waals surface area contributed by atoms with E-state index < -0.39 is 11.4 Å². The number of carboxylic acids is 1. The number of carbonyl (C=O) groups is 2. The van der Waals surface area contributed by atoms with Gasteiger partial charge in [-0.3, -0.25) is 9.59 Å². The lowest BCUT2D eigenvalue weighted by Crippen LogP contribution is -2.46. The Hall–Kier alpha value is -1.10. The molecule has 17 heavy (non-hydrogen) atoms. The molecule has 1 aliphatic carbocycles. The van der Waals surface area contributed by atoms with Gasteiger partial charge >= 0.3 is 5.97 Å². The van der Waals surface area contributed by atoms with Gasteiger partial charge in [0, 0.05) is 20.2 Å². The van der Waals surface area contributed by atoms with E-state index in [0.29, 0.717) is 38.5 Å². The zero-order valence-corrected chi connectivity index (χ0v) is 10.1. The second-order valence-electron chi connectivity index (χ2n) is 5.10. The number of aliphatic carboxylic acids is 1. The van der Waals surface area contributed by atoms with Crippen molar-refractivity contribution in [3.05, 3.63) is 0 Å². The van der Waals surface area contributed by atoms with Crippen LogP contribution < -0.4 is 0 Å². The summed E-state index contributed by atoms with van der Waals surface area (Å²) in [5, 5.41) is 9.10. The first kappa shape index (κ1) is 12.4. The lowest BCUT2D eigenvalue weighted by molar-refractivity contribution is -0.154. The van der Waals surface area contributed by atoms with Crippen LogP contribution in [0.25, 0.3) is 0 Å². The fourth-order valence-corrected chi connectivity index (χ4v) is 2.57. The molecule has 1 saturated heterocycles. The van der Waals surface area contributed by atoms with E-state index in [2.05, 4.69) is 0 Å². The normalized spacial score (nSPS) is 26.6. The van der Waals surface area contributed by atoms with Crippen molar-refractivity contribution in [3.8, 4) is 0 Å². The molecule has 2 aliphatic rings. The van der Waals surface area contributed by atoms with Crippen molar-refractivity contribution in [2.45, 2.75) is 25.7 Å². The molecule has 0 radical (unpaired) electrons. The third-order valence-electron chi connectivity index (χ3n) is 3.78. The third-order valence-corrected chi connectivity index (χ3v) is 3.78. The quantitative estimate of drug-likeness (QED) is 0.737. The predicted molar refractivity (Wildman–Crippen MR) is 60.5 cm³/mol. The first-order valence-corrected chi connectivity index (χ1v) is 6.12. The topological polar surface area (TPSA) is 66.8 Å². The Morgan fingerprint density at radius 2 is 2.18 bits per heavy atom. The molecular weight excluding hydrogens is 222 g/mol. The molecule has 1 N–H and O–H groups in total. The minimum atomic E-state index is -1.09. The predicted octanol–water partition coefficient (Wildman–Crippen LogP) is 0.736. The number of likely N-dealkylation sites (tertiary alicyclic amines) is 1. The van der Waals surface area contributed by atoms with Crippen molar-refractivity contribution < 1.29 is 19.4 Å². The van der Waals surface area contributed by atoms with Crippen molar-refractivity contribution in [1.82, 2.24) is 4.90 Å². The highest BCUT2D eigenvalue weighted by atomic mass is 16.5. The number of hydrogen-bond donors (Lipinski definition) is 1. The molecule has 0 aromatic heterocycles. The standard InChI is InChI=1S/C12H19NO4/c1-17-8-9-3-2-6-13(7-9)10(14)12(4-5-12)11(15)16/h9H,2-8H2,1H3,(H,15,16). The number of amides is 1. The maximum Gasteiger partial charge on any atom is 0.319 e. The van der Waals surface area contributed by atoms with Gasteiger partial charge in [0.2, 0.25) is 5.91 Å². The first-order valence-electron chi connectivity index (χ1n) is 6.12. The van der Waals surface area contributed by atoms with Gasteiger partial charge in [0.1, 0.15) is 5.41 Å². The monoisotopic (exact) mass is 241 g/mol. The minimum absolute atomic E-state index is 0.189. The molecule has 1 heterocycles. The van der Waals surface area contributed by atoms with Crippen molar-refractivity contribution in [2.24, 2.45) is 11.3 Å². The van der Waals surface area contributed by atoms with Crippen molar-refractivity contribution >= 4 is 11.9 Å². The Morgan fingerprint density at radius 1 is 1.47 bits per heavy atom. The number of nitrogens with zero attached hydrogens (tertiary/aromatic N) is 1. The summed E-state index contributed by atoms with van der Waals surface area (Å²) >= 11 is 0. The fraction of sp³-hybridized carbons (Fsp3) is 0.833. The Labute approximate surface area is 101 Å². The van der Waals surface area contributed by atoms with Crippen LogP contribution in [0.1, 0.15) is 25.7 Å². The summed E-state index contributed by atoms with van der Waals surface area (Å²) in [5.41, 5.74) is -1.09. The van der Waals surface area contributed by atoms with E-state index in [0.717, 1.165) is 12.8 Å². The van der Waals surface area contributed by atoms with Crippen molar-refractivity contribution in [1.29, 1.82) is 0 Å². The third kappa shape index (κ3) is 2.29. The number of hydrogen-bond acceptors (Lipinski definition) is 3. The summed E-state index contributed by atoms with van der Waals surface area (Å²) in [4.78, 5) is 25.0. The molecule has 1 saturated carbocycles. The molecule has 1 amide bonds. The zero-order valence-electron chi connectivity index (χ0n) is 10.1. The van der Waals surface area contributed by atoms with Crippen LogP contribution in [0.3, 0.4) is 0 Å². The number of rotatable bonds is 4. The molecule has 1 atom stereocenters. The van der Waals surface area contributed by atoms with Gasteiger partial charge in [-0.1, -0.05) is 0 Å². The van der Waals surface area contributed by atoms with Crippen LogP contribution in [0.4, 0.5) is 0 Å². The minimum Gasteiger partial charge on any atom is -0.480 e. The van der Waals surface area contributed by atoms with Crippen LogP contribution >= 0.6 is 0 Å². The molecule has 2 fully saturated rings. The summed E-state index contributed by atoms with van der Waals surface area (Å²) in [7, 11) is 1.65. The summed E-state index contributed by atoms with van der Waals surface area (Å²) in [6.07, 6.45) is 2.98. The van der Waals surface area contributed by atoms with Crippen molar-refractivity contribution in [2.75, 3.05) is 26.8 Å². The average Bonchev–Trinajstić information content (AvgIpc) is 3.10. The molecule has 1 unspecified atom stereocenters. The van der Waals surface area contributed by atoms with Gasteiger partial charge in [0.15, 0.2) is 0 Å². The highest BCUT2D eigenvalue weighted by Crippen LogP contribution is 2.47. The molecule has 0 aromatic rings. The van der Waals surface area contributed by atoms with Gasteiger partial charge in [0.25, 0.3) is 0 Å².